The Bertz CT molecular complexity index is 1110. The quantitative estimate of drug-likeness (QED) is 0.200. The Kier molecular flexibility index (Phi) is 10.7. The number of rotatable bonds is 12. The highest BCUT2D eigenvalue weighted by molar-refractivity contribution is 5.85. The summed E-state index contributed by atoms with van der Waals surface area (Å²) in [5.74, 6) is 2.28. The van der Waals surface area contributed by atoms with Crippen LogP contribution in [-0.2, 0) is 26.1 Å². The molecule has 0 N–H and O–H groups in total. The Morgan fingerprint density at radius 1 is 0.571 bits per heavy atom. The molecule has 4 aromatic carbocycles. The monoisotopic (exact) mass is 486 g/mol. The van der Waals surface area contributed by atoms with Crippen LogP contribution >= 0.6 is 12.4 Å². The van der Waals surface area contributed by atoms with Crippen LogP contribution in [0, 0.1) is 5.92 Å². The summed E-state index contributed by atoms with van der Waals surface area (Å²) in [5, 5.41) is 0. The minimum Gasteiger partial charge on any atom is -0.485 e. The van der Waals surface area contributed by atoms with Crippen LogP contribution in [0.3, 0.4) is 0 Å². The van der Waals surface area contributed by atoms with Crippen molar-refractivity contribution in [2.75, 3.05) is 0 Å². The first kappa shape index (κ1) is 26.4. The molecule has 3 heteroatoms. The van der Waals surface area contributed by atoms with Crippen molar-refractivity contribution in [3.8, 4) is 11.5 Å². The van der Waals surface area contributed by atoms with E-state index >= 15 is 0 Å². The van der Waals surface area contributed by atoms with Crippen molar-refractivity contribution in [1.82, 2.24) is 0 Å². The van der Waals surface area contributed by atoms with Crippen LogP contribution in [0.2, 0.25) is 0 Å². The third-order valence-corrected chi connectivity index (χ3v) is 6.07. The largest absolute Gasteiger partial charge is 0.485 e. The molecule has 0 aromatic heterocycles. The number of hydrogen-bond acceptors (Lipinski definition) is 2. The molecule has 2 nitrogen and oxygen atoms in total. The van der Waals surface area contributed by atoms with Gasteiger partial charge in [-0.25, -0.2) is 0 Å². The summed E-state index contributed by atoms with van der Waals surface area (Å²) < 4.78 is 12.4. The second-order valence-electron chi connectivity index (χ2n) is 9.02. The lowest BCUT2D eigenvalue weighted by Gasteiger charge is -2.15. The molecule has 182 valence electrons. The van der Waals surface area contributed by atoms with Gasteiger partial charge < -0.3 is 9.47 Å². The minimum absolute atomic E-state index is 0. The molecule has 4 aromatic rings. The van der Waals surface area contributed by atoms with Crippen molar-refractivity contribution in [1.29, 1.82) is 0 Å². The summed E-state index contributed by atoms with van der Waals surface area (Å²) in [6.07, 6.45) is 4.55. The average molecular weight is 487 g/mol. The van der Waals surface area contributed by atoms with E-state index in [0.29, 0.717) is 19.1 Å². The molecule has 1 atom stereocenters. The zero-order valence-electron chi connectivity index (χ0n) is 20.4. The fraction of sp³-hybridized carbons (Fsp3) is 0.250. The Hall–Kier alpha value is -3.23. The molecule has 0 fully saturated rings. The molecule has 0 saturated carbocycles. The maximum absolute atomic E-state index is 6.23. The van der Waals surface area contributed by atoms with Crippen molar-refractivity contribution in [2.24, 2.45) is 5.92 Å². The smallest absolute Gasteiger partial charge is 0.161 e. The highest BCUT2D eigenvalue weighted by Crippen LogP contribution is 2.31. The molecule has 1 unspecified atom stereocenters. The van der Waals surface area contributed by atoms with Gasteiger partial charge in [0.1, 0.15) is 13.2 Å². The number of ether oxygens (including phenoxy) is 2. The summed E-state index contributed by atoms with van der Waals surface area (Å²) in [6, 6.07) is 37.7. The Morgan fingerprint density at radius 3 is 1.66 bits per heavy atom. The van der Waals surface area contributed by atoms with Gasteiger partial charge in [-0.1, -0.05) is 110 Å². The van der Waals surface area contributed by atoms with E-state index in [1.54, 1.807) is 0 Å². The van der Waals surface area contributed by atoms with Gasteiger partial charge in [0.2, 0.25) is 0 Å². The van der Waals surface area contributed by atoms with Crippen LogP contribution in [0.25, 0.3) is 0 Å². The molecule has 0 aliphatic rings. The van der Waals surface area contributed by atoms with Crippen molar-refractivity contribution in [3.63, 3.8) is 0 Å². The summed E-state index contributed by atoms with van der Waals surface area (Å²) in [6.45, 7) is 3.40. The summed E-state index contributed by atoms with van der Waals surface area (Å²) >= 11 is 0. The van der Waals surface area contributed by atoms with Crippen LogP contribution in [-0.4, -0.2) is 0 Å². The van der Waals surface area contributed by atoms with E-state index in [4.69, 9.17) is 9.47 Å². The minimum atomic E-state index is 0. The van der Waals surface area contributed by atoms with Crippen LogP contribution < -0.4 is 9.47 Å². The summed E-state index contributed by atoms with van der Waals surface area (Å²) in [5.41, 5.74) is 5.01. The number of halogens is 1. The Balaban J connectivity index is 0.00000342. The first-order chi connectivity index (χ1) is 16.8. The van der Waals surface area contributed by atoms with Gasteiger partial charge in [0.15, 0.2) is 11.5 Å². The van der Waals surface area contributed by atoms with Crippen LogP contribution in [0.1, 0.15) is 42.0 Å². The molecule has 0 saturated heterocycles. The summed E-state index contributed by atoms with van der Waals surface area (Å²) in [7, 11) is 0. The van der Waals surface area contributed by atoms with Crippen LogP contribution in [0.15, 0.2) is 109 Å². The fourth-order valence-electron chi connectivity index (χ4n) is 4.18. The molecule has 0 bridgehead atoms. The van der Waals surface area contributed by atoms with Crippen molar-refractivity contribution in [3.05, 3.63) is 131 Å². The normalized spacial score (nSPS) is 11.3. The van der Waals surface area contributed by atoms with Gasteiger partial charge in [0.05, 0.1) is 0 Å². The third-order valence-electron chi connectivity index (χ3n) is 6.07. The standard InChI is InChI=1S/C32H34O2.ClH/c1-26(22-27-13-5-2-6-14-27)12-11-19-28-20-21-31(33-24-29-15-7-3-8-16-29)32(23-28)34-25-30-17-9-4-10-18-30;/h2-10,13-18,20-21,23,26H,11-12,19,22,24-25H2,1H3;1H. The van der Waals surface area contributed by atoms with Gasteiger partial charge in [-0.3, -0.25) is 0 Å². The van der Waals surface area contributed by atoms with Gasteiger partial charge in [-0.2, -0.15) is 0 Å². The van der Waals surface area contributed by atoms with E-state index in [9.17, 15) is 0 Å². The van der Waals surface area contributed by atoms with Crippen LogP contribution in [0.5, 0.6) is 11.5 Å². The van der Waals surface area contributed by atoms with E-state index in [1.165, 1.54) is 17.5 Å². The van der Waals surface area contributed by atoms with Gasteiger partial charge in [-0.05, 0) is 59.6 Å². The number of hydrogen-bond donors (Lipinski definition) is 0. The first-order valence-electron chi connectivity index (χ1n) is 12.3. The first-order valence-corrected chi connectivity index (χ1v) is 12.3. The molecular formula is C32H35ClO2. The van der Waals surface area contributed by atoms with Gasteiger partial charge >= 0.3 is 0 Å². The van der Waals surface area contributed by atoms with Crippen molar-refractivity contribution >= 4 is 12.4 Å². The molecule has 0 amide bonds. The average Bonchev–Trinajstić information content (AvgIpc) is 2.88. The topological polar surface area (TPSA) is 18.5 Å². The molecular weight excluding hydrogens is 452 g/mol. The van der Waals surface area contributed by atoms with E-state index in [2.05, 4.69) is 79.7 Å². The lowest BCUT2D eigenvalue weighted by molar-refractivity contribution is 0.255. The van der Waals surface area contributed by atoms with E-state index < -0.39 is 0 Å². The third kappa shape index (κ3) is 8.81. The van der Waals surface area contributed by atoms with Gasteiger partial charge in [0.25, 0.3) is 0 Å². The molecule has 0 aliphatic heterocycles. The molecule has 0 heterocycles. The van der Waals surface area contributed by atoms with Gasteiger partial charge in [-0.15, -0.1) is 12.4 Å². The molecule has 4 rings (SSSR count). The number of benzene rings is 4. The number of aryl methyl sites for hydroxylation is 1. The van der Waals surface area contributed by atoms with Gasteiger partial charge in [0, 0.05) is 0 Å². The Morgan fingerprint density at radius 2 is 1.09 bits per heavy atom. The lowest BCUT2D eigenvalue weighted by atomic mass is 9.95. The lowest BCUT2D eigenvalue weighted by Crippen LogP contribution is -2.02. The molecule has 0 radical (unpaired) electrons. The van der Waals surface area contributed by atoms with E-state index in [0.717, 1.165) is 41.9 Å². The maximum atomic E-state index is 6.23. The van der Waals surface area contributed by atoms with E-state index in [-0.39, 0.29) is 12.4 Å². The Labute approximate surface area is 216 Å². The highest BCUT2D eigenvalue weighted by Gasteiger charge is 2.10. The second kappa shape index (κ2) is 14.2. The van der Waals surface area contributed by atoms with Crippen molar-refractivity contribution < 1.29 is 9.47 Å². The maximum Gasteiger partial charge on any atom is 0.161 e. The SMILES string of the molecule is CC(CCCc1ccc(OCc2ccccc2)c(OCc2ccccc2)c1)Cc1ccccc1.Cl. The predicted octanol–water partition coefficient (Wildman–Crippen LogP) is 8.47. The summed E-state index contributed by atoms with van der Waals surface area (Å²) in [4.78, 5) is 0. The van der Waals surface area contributed by atoms with Crippen LogP contribution in [0.4, 0.5) is 0 Å². The highest BCUT2D eigenvalue weighted by atomic mass is 35.5. The molecule has 0 spiro atoms. The zero-order chi connectivity index (χ0) is 23.4. The molecule has 0 aliphatic carbocycles. The van der Waals surface area contributed by atoms with E-state index in [1.807, 2.05) is 36.4 Å². The molecule has 35 heavy (non-hydrogen) atoms. The zero-order valence-corrected chi connectivity index (χ0v) is 21.3. The fourth-order valence-corrected chi connectivity index (χ4v) is 4.18. The second-order valence-corrected chi connectivity index (χ2v) is 9.02. The van der Waals surface area contributed by atoms with Crippen molar-refractivity contribution in [2.45, 2.75) is 45.8 Å². The predicted molar refractivity (Wildman–Crippen MR) is 147 cm³/mol.